The molecule has 0 aliphatic carbocycles. The van der Waals surface area contributed by atoms with E-state index in [0.717, 1.165) is 16.9 Å². The lowest BCUT2D eigenvalue weighted by Crippen LogP contribution is -2.66. The number of nitrogens with two attached hydrogens (primary N) is 1. The van der Waals surface area contributed by atoms with E-state index in [1.54, 1.807) is 20.8 Å². The summed E-state index contributed by atoms with van der Waals surface area (Å²) in [5.41, 5.74) is 4.32. The first kappa shape index (κ1) is 22.8. The number of hydrogen-bond acceptors (Lipinski definition) is 7. The summed E-state index contributed by atoms with van der Waals surface area (Å²) in [6.45, 7) is 5.50. The van der Waals surface area contributed by atoms with E-state index < -0.39 is 35.0 Å². The van der Waals surface area contributed by atoms with Crippen LogP contribution in [-0.2, 0) is 25.7 Å². The van der Waals surface area contributed by atoms with Crippen LogP contribution in [0.25, 0.3) is 0 Å². The molecule has 1 amide bonds. The van der Waals surface area contributed by atoms with Gasteiger partial charge in [0.1, 0.15) is 12.2 Å². The van der Waals surface area contributed by atoms with Gasteiger partial charge in [0.05, 0.1) is 12.6 Å². The van der Waals surface area contributed by atoms with Crippen molar-refractivity contribution < 1.29 is 23.9 Å². The quantitative estimate of drug-likeness (QED) is 0.524. The van der Waals surface area contributed by atoms with Gasteiger partial charge in [-0.05, 0) is 45.7 Å². The molecule has 3 N–H and O–H groups in total. The molecule has 0 bridgehead atoms. The molecule has 1 aliphatic heterocycles. The monoisotopic (exact) mass is 405 g/mol. The van der Waals surface area contributed by atoms with Gasteiger partial charge in [-0.15, -0.1) is 0 Å². The lowest BCUT2D eigenvalue weighted by Gasteiger charge is -2.34. The minimum atomic E-state index is -1.99. The molecule has 0 saturated carbocycles. The predicted octanol–water partition coefficient (Wildman–Crippen LogP) is 1.62. The molecule has 1 unspecified atom stereocenters. The Hall–Kier alpha value is -2.45. The molecule has 1 aliphatic rings. The largest absolute Gasteiger partial charge is 0.458 e. The molecular weight excluding hydrogens is 374 g/mol. The van der Waals surface area contributed by atoms with Crippen LogP contribution < -0.4 is 11.1 Å². The van der Waals surface area contributed by atoms with Crippen LogP contribution in [-0.4, -0.2) is 60.1 Å². The molecule has 0 radical (unpaired) electrons. The van der Waals surface area contributed by atoms with Crippen LogP contribution in [0.2, 0.25) is 0 Å². The van der Waals surface area contributed by atoms with Crippen molar-refractivity contribution in [2.24, 2.45) is 5.73 Å². The highest BCUT2D eigenvalue weighted by Gasteiger charge is 2.49. The number of nitrogens with zero attached hydrogens (tertiary/aromatic N) is 1. The number of ether oxygens (including phenoxy) is 2. The number of benzene rings is 1. The Kier molecular flexibility index (Phi) is 7.37. The summed E-state index contributed by atoms with van der Waals surface area (Å²) in [5.74, 6) is -1.33. The zero-order valence-electron chi connectivity index (χ0n) is 17.6. The SMILES string of the molecule is CN(CC(N)(C(=O)OC(C)(C)C)C(=O)[C@H]1CCCN1)C(=O)OCc1ccccc1. The zero-order valence-corrected chi connectivity index (χ0v) is 17.6. The molecule has 1 saturated heterocycles. The van der Waals surface area contributed by atoms with E-state index >= 15 is 0 Å². The van der Waals surface area contributed by atoms with Gasteiger partial charge in [-0.25, -0.2) is 9.59 Å². The summed E-state index contributed by atoms with van der Waals surface area (Å²) in [4.78, 5) is 39.5. The van der Waals surface area contributed by atoms with Crippen molar-refractivity contribution in [2.45, 2.75) is 57.4 Å². The molecule has 2 rings (SSSR count). The maximum Gasteiger partial charge on any atom is 0.409 e. The van der Waals surface area contributed by atoms with Crippen LogP contribution in [0, 0.1) is 0 Å². The number of likely N-dealkylation sites (N-methyl/N-ethyl adjacent to an activating group) is 1. The summed E-state index contributed by atoms with van der Waals surface area (Å²) >= 11 is 0. The second kappa shape index (κ2) is 9.37. The van der Waals surface area contributed by atoms with E-state index in [2.05, 4.69) is 5.32 Å². The van der Waals surface area contributed by atoms with Crippen molar-refractivity contribution in [1.29, 1.82) is 0 Å². The third-order valence-electron chi connectivity index (χ3n) is 4.58. The van der Waals surface area contributed by atoms with Gasteiger partial charge in [-0.3, -0.25) is 4.79 Å². The summed E-state index contributed by atoms with van der Waals surface area (Å²) < 4.78 is 10.7. The Balaban J connectivity index is 2.11. The molecule has 1 heterocycles. The van der Waals surface area contributed by atoms with Gasteiger partial charge in [-0.1, -0.05) is 30.3 Å². The van der Waals surface area contributed by atoms with E-state index in [-0.39, 0.29) is 13.2 Å². The molecule has 1 aromatic rings. The molecule has 160 valence electrons. The Bertz CT molecular complexity index is 726. The maximum atomic E-state index is 13.1. The number of Topliss-reactive ketones (excluding diaryl/α,β-unsaturated/α-hetero) is 1. The van der Waals surface area contributed by atoms with Crippen LogP contribution in [0.15, 0.2) is 30.3 Å². The normalized spacial score (nSPS) is 18.6. The lowest BCUT2D eigenvalue weighted by atomic mass is 9.88. The van der Waals surface area contributed by atoms with E-state index in [0.29, 0.717) is 13.0 Å². The zero-order chi connectivity index (χ0) is 21.7. The molecule has 1 aromatic carbocycles. The number of amides is 1. The molecule has 8 heteroatoms. The highest BCUT2D eigenvalue weighted by Crippen LogP contribution is 2.20. The summed E-state index contributed by atoms with van der Waals surface area (Å²) in [6.07, 6.45) is 0.720. The van der Waals surface area contributed by atoms with Crippen molar-refractivity contribution in [1.82, 2.24) is 10.2 Å². The first-order chi connectivity index (χ1) is 13.5. The van der Waals surface area contributed by atoms with Gasteiger partial charge in [0.15, 0.2) is 11.3 Å². The third kappa shape index (κ3) is 6.27. The molecule has 0 spiro atoms. The van der Waals surface area contributed by atoms with Crippen LogP contribution in [0.3, 0.4) is 0 Å². The van der Waals surface area contributed by atoms with Gasteiger partial charge in [0, 0.05) is 7.05 Å². The van der Waals surface area contributed by atoms with Crippen LogP contribution >= 0.6 is 0 Å². The van der Waals surface area contributed by atoms with Gasteiger partial charge in [-0.2, -0.15) is 0 Å². The van der Waals surface area contributed by atoms with Gasteiger partial charge < -0.3 is 25.4 Å². The highest BCUT2D eigenvalue weighted by molar-refractivity contribution is 6.11. The summed E-state index contributed by atoms with van der Waals surface area (Å²) in [5, 5.41) is 3.06. The van der Waals surface area contributed by atoms with Crippen molar-refractivity contribution in [3.63, 3.8) is 0 Å². The van der Waals surface area contributed by atoms with Gasteiger partial charge >= 0.3 is 12.1 Å². The van der Waals surface area contributed by atoms with E-state index in [1.807, 2.05) is 30.3 Å². The number of nitrogens with one attached hydrogen (secondary N) is 1. The Morgan fingerprint density at radius 1 is 1.21 bits per heavy atom. The smallest absolute Gasteiger partial charge is 0.409 e. The highest BCUT2D eigenvalue weighted by atomic mass is 16.6. The van der Waals surface area contributed by atoms with E-state index in [9.17, 15) is 14.4 Å². The second-order valence-electron chi connectivity index (χ2n) is 8.38. The number of ketones is 1. The predicted molar refractivity (Wildman–Crippen MR) is 108 cm³/mol. The first-order valence-electron chi connectivity index (χ1n) is 9.75. The van der Waals surface area contributed by atoms with E-state index in [4.69, 9.17) is 15.2 Å². The molecule has 29 heavy (non-hydrogen) atoms. The number of hydrogen-bond donors (Lipinski definition) is 2. The standard InChI is InChI=1S/C21H31N3O5/c1-20(2,3)29-18(26)21(22,17(25)16-11-8-12-23-16)14-24(4)19(27)28-13-15-9-6-5-7-10-15/h5-7,9-10,16,23H,8,11-14,22H2,1-4H3/t16-,21?/m1/s1. The fourth-order valence-corrected chi connectivity index (χ4v) is 3.10. The van der Waals surface area contributed by atoms with E-state index in [1.165, 1.54) is 7.05 Å². The molecule has 0 aromatic heterocycles. The fourth-order valence-electron chi connectivity index (χ4n) is 3.10. The van der Waals surface area contributed by atoms with Crippen molar-refractivity contribution in [3.8, 4) is 0 Å². The minimum absolute atomic E-state index is 0.0755. The first-order valence-corrected chi connectivity index (χ1v) is 9.75. The van der Waals surface area contributed by atoms with Crippen LogP contribution in [0.4, 0.5) is 4.79 Å². The summed E-state index contributed by atoms with van der Waals surface area (Å²) in [6, 6.07) is 8.67. The number of esters is 1. The van der Waals surface area contributed by atoms with Crippen molar-refractivity contribution in [3.05, 3.63) is 35.9 Å². The second-order valence-corrected chi connectivity index (χ2v) is 8.38. The fraction of sp³-hybridized carbons (Fsp3) is 0.571. The molecule has 2 atom stereocenters. The molecule has 8 nitrogen and oxygen atoms in total. The van der Waals surface area contributed by atoms with Crippen LogP contribution in [0.5, 0.6) is 0 Å². The van der Waals surface area contributed by atoms with Crippen molar-refractivity contribution >= 4 is 17.8 Å². The minimum Gasteiger partial charge on any atom is -0.458 e. The third-order valence-corrected chi connectivity index (χ3v) is 4.58. The average molecular weight is 405 g/mol. The Morgan fingerprint density at radius 3 is 2.41 bits per heavy atom. The van der Waals surface area contributed by atoms with Crippen molar-refractivity contribution in [2.75, 3.05) is 20.1 Å². The Morgan fingerprint density at radius 2 is 1.86 bits per heavy atom. The van der Waals surface area contributed by atoms with Crippen LogP contribution in [0.1, 0.15) is 39.2 Å². The lowest BCUT2D eigenvalue weighted by molar-refractivity contribution is -0.165. The maximum absolute atomic E-state index is 13.1. The Labute approximate surface area is 171 Å². The average Bonchev–Trinajstić information content (AvgIpc) is 3.19. The molecule has 1 fully saturated rings. The van der Waals surface area contributed by atoms with Gasteiger partial charge in [0.25, 0.3) is 0 Å². The number of carbonyl (C=O) groups is 3. The topological polar surface area (TPSA) is 111 Å². The van der Waals surface area contributed by atoms with Gasteiger partial charge in [0.2, 0.25) is 0 Å². The number of rotatable bonds is 7. The molecular formula is C21H31N3O5. The number of carbonyl (C=O) groups excluding carboxylic acids is 3. The summed E-state index contributed by atoms with van der Waals surface area (Å²) in [7, 11) is 1.44.